The molecule has 6 aliphatic heterocycles. The summed E-state index contributed by atoms with van der Waals surface area (Å²) in [6, 6.07) is 14.4. The molecule has 0 aromatic heterocycles. The Morgan fingerprint density at radius 1 is 0.472 bits per heavy atom. The van der Waals surface area contributed by atoms with Gasteiger partial charge in [-0.3, -0.25) is 0 Å². The summed E-state index contributed by atoms with van der Waals surface area (Å²) in [6.45, 7) is 42.1. The van der Waals surface area contributed by atoms with E-state index in [1.807, 2.05) is 13.8 Å². The number of fused-ring (bicyclic) bond motifs is 2. The van der Waals surface area contributed by atoms with Crippen LogP contribution in [0.25, 0.3) is 0 Å². The minimum atomic E-state index is -2.49. The average Bonchev–Trinajstić information content (AvgIpc) is 3.58. The normalized spacial score (nSPS) is 30.3. The molecule has 3 saturated carbocycles. The van der Waals surface area contributed by atoms with Crippen molar-refractivity contribution in [3.05, 3.63) is 35.9 Å². The van der Waals surface area contributed by atoms with Gasteiger partial charge in [0.1, 0.15) is 0 Å². The van der Waals surface area contributed by atoms with Crippen molar-refractivity contribution in [3.63, 3.8) is 0 Å². The van der Waals surface area contributed by atoms with Crippen molar-refractivity contribution in [2.24, 2.45) is 82.3 Å². The van der Waals surface area contributed by atoms with E-state index in [0.717, 1.165) is 101 Å². The molecule has 5 N–H and O–H groups in total. The van der Waals surface area contributed by atoms with Gasteiger partial charge in [-0.25, -0.2) is 8.78 Å². The molecule has 0 amide bonds. The summed E-state index contributed by atoms with van der Waals surface area (Å²) < 4.78 is 26.1. The Hall–Kier alpha value is -1.12. The minimum absolute atomic E-state index is 0.0899. The zero-order valence-electron chi connectivity index (χ0n) is 50.2. The molecule has 10 rings (SSSR count). The molecule has 1 aromatic carbocycles. The molecular weight excluding hydrogens is 889 g/mol. The molecule has 0 radical (unpaired) electrons. The van der Waals surface area contributed by atoms with Crippen LogP contribution < -0.4 is 26.6 Å². The monoisotopic (exact) mass is 1010 g/mol. The van der Waals surface area contributed by atoms with Crippen molar-refractivity contribution < 1.29 is 8.78 Å². The standard InChI is InChI=1S/C15H22.C10H19N.C10H21N.C9H17N.C8H15F2N.C7H14.C6H13N/c1-13(2)15(11-7-4-8-12-15)14-9-5-3-6-10-14;1-7(2)8-5-9-3-4-10(6-8)11-9;1-7(2)10-5-8(3)11-9(4)6-10;1-7(2)8-3-9(4-8)5-10-6-9;1-6(2)7-3-4-11-5-8(7,9)10;1-6(2)7-4-3-5-7;1-5(2)6-3-7-4-6/h3,5-6,9-10,13H,4,7-8,11-12H2,1-2H3;7-11H,3-6H2,1-2H3;7-11H,5-6H2,1-4H3;7-8,10H,3-6H2,1-2H3;6-7,11H,3-5H2,1-2H3;6-7H,3-5H2,1-2H3;5-7H,3-4H2,1-2H3. The second-order valence-electron chi connectivity index (χ2n) is 28.0. The quantitative estimate of drug-likeness (QED) is 0.180. The van der Waals surface area contributed by atoms with Crippen molar-refractivity contribution in [1.29, 1.82) is 0 Å². The first-order valence-corrected chi connectivity index (χ1v) is 31.0. The number of benzene rings is 1. The second kappa shape index (κ2) is 30.7. The van der Waals surface area contributed by atoms with E-state index in [2.05, 4.69) is 154 Å². The van der Waals surface area contributed by atoms with Crippen molar-refractivity contribution in [2.45, 2.75) is 255 Å². The first kappa shape index (κ1) is 63.4. The van der Waals surface area contributed by atoms with Crippen molar-refractivity contribution in [2.75, 3.05) is 39.3 Å². The Morgan fingerprint density at radius 2 is 0.972 bits per heavy atom. The fourth-order valence-corrected chi connectivity index (χ4v) is 13.8. The molecule has 6 heterocycles. The van der Waals surface area contributed by atoms with Crippen LogP contribution in [0.15, 0.2) is 30.3 Å². The summed E-state index contributed by atoms with van der Waals surface area (Å²) in [5.74, 6) is 7.52. The number of piperidine rings is 3. The number of rotatable bonds is 8. The van der Waals surface area contributed by atoms with Gasteiger partial charge in [-0.1, -0.05) is 166 Å². The van der Waals surface area contributed by atoms with Gasteiger partial charge in [-0.2, -0.15) is 0 Å². The molecule has 1 spiro atoms. The Morgan fingerprint density at radius 3 is 1.31 bits per heavy atom. The summed E-state index contributed by atoms with van der Waals surface area (Å²) in [5, 5.41) is 16.6. The molecule has 420 valence electrons. The fraction of sp³-hybridized carbons (Fsp3) is 0.908. The molecule has 9 fully saturated rings. The lowest BCUT2D eigenvalue weighted by Gasteiger charge is -2.55. The zero-order valence-corrected chi connectivity index (χ0v) is 50.2. The van der Waals surface area contributed by atoms with Crippen LogP contribution in [-0.4, -0.2) is 69.4 Å². The van der Waals surface area contributed by atoms with Gasteiger partial charge in [0.05, 0.1) is 6.54 Å². The third-order valence-corrected chi connectivity index (χ3v) is 20.0. The van der Waals surface area contributed by atoms with Gasteiger partial charge in [0.15, 0.2) is 0 Å². The largest absolute Gasteiger partial charge is 0.316 e. The first-order chi connectivity index (χ1) is 34.0. The summed E-state index contributed by atoms with van der Waals surface area (Å²) in [4.78, 5) is 0. The van der Waals surface area contributed by atoms with E-state index in [-0.39, 0.29) is 12.5 Å². The van der Waals surface area contributed by atoms with Crippen LogP contribution in [0.5, 0.6) is 0 Å². The Balaban J connectivity index is 0.000000185. The van der Waals surface area contributed by atoms with Crippen LogP contribution in [0.1, 0.15) is 225 Å². The zero-order chi connectivity index (χ0) is 53.2. The maximum absolute atomic E-state index is 13.1. The van der Waals surface area contributed by atoms with Gasteiger partial charge in [0.2, 0.25) is 0 Å². The molecule has 6 saturated heterocycles. The molecule has 3 aliphatic carbocycles. The maximum atomic E-state index is 13.1. The number of hydrogen-bond donors (Lipinski definition) is 5. The Kier molecular flexibility index (Phi) is 27.1. The molecule has 2 bridgehead atoms. The van der Waals surface area contributed by atoms with Gasteiger partial charge < -0.3 is 26.6 Å². The summed E-state index contributed by atoms with van der Waals surface area (Å²) >= 11 is 0. The van der Waals surface area contributed by atoms with Gasteiger partial charge in [-0.15, -0.1) is 0 Å². The lowest BCUT2D eigenvalue weighted by atomic mass is 9.56. The first-order valence-electron chi connectivity index (χ1n) is 31.0. The van der Waals surface area contributed by atoms with Crippen molar-refractivity contribution in [1.82, 2.24) is 26.6 Å². The van der Waals surface area contributed by atoms with E-state index in [1.54, 1.807) is 5.56 Å². The third-order valence-electron chi connectivity index (χ3n) is 20.0. The van der Waals surface area contributed by atoms with Crippen LogP contribution in [0.4, 0.5) is 8.78 Å². The highest BCUT2D eigenvalue weighted by Crippen LogP contribution is 2.51. The SMILES string of the molecule is CC(C)C1(c2ccccc2)CCCCC1.CC(C)C1CC2(CNC2)C1.CC(C)C1CC2CCC(C1)N2.CC(C)C1CCC1.CC(C)C1CCNCC1(F)F.CC(C)C1CNC1.CC1CC(C(C)C)CC(C)N1. The predicted octanol–water partition coefficient (Wildman–Crippen LogP) is 16.0. The summed E-state index contributed by atoms with van der Waals surface area (Å²) in [6.07, 6.45) is 23.6. The van der Waals surface area contributed by atoms with E-state index in [1.165, 1.54) is 129 Å². The van der Waals surface area contributed by atoms with Crippen molar-refractivity contribution in [3.8, 4) is 0 Å². The van der Waals surface area contributed by atoms with E-state index in [4.69, 9.17) is 0 Å². The number of halogens is 2. The third kappa shape index (κ3) is 20.0. The van der Waals surface area contributed by atoms with Crippen LogP contribution in [0.3, 0.4) is 0 Å². The van der Waals surface area contributed by atoms with E-state index < -0.39 is 11.8 Å². The molecule has 9 aliphatic rings. The number of hydrogen-bond acceptors (Lipinski definition) is 5. The predicted molar refractivity (Wildman–Crippen MR) is 310 cm³/mol. The van der Waals surface area contributed by atoms with Gasteiger partial charge in [0, 0.05) is 43.2 Å². The van der Waals surface area contributed by atoms with Gasteiger partial charge >= 0.3 is 0 Å². The van der Waals surface area contributed by atoms with Crippen LogP contribution in [0, 0.1) is 82.3 Å². The van der Waals surface area contributed by atoms with Gasteiger partial charge in [0.25, 0.3) is 5.92 Å². The average molecular weight is 1010 g/mol. The maximum Gasteiger partial charge on any atom is 0.263 e. The van der Waals surface area contributed by atoms with E-state index in [9.17, 15) is 8.78 Å². The highest BCUT2D eigenvalue weighted by Gasteiger charge is 2.49. The number of alkyl halides is 2. The molecular formula is C65H121F2N5. The Labute approximate surface area is 446 Å². The minimum Gasteiger partial charge on any atom is -0.316 e. The van der Waals surface area contributed by atoms with Gasteiger partial charge in [-0.05, 0) is 192 Å². The molecule has 5 nitrogen and oxygen atoms in total. The molecule has 7 heteroatoms. The molecule has 5 unspecified atom stereocenters. The highest BCUT2D eigenvalue weighted by molar-refractivity contribution is 5.26. The molecule has 72 heavy (non-hydrogen) atoms. The van der Waals surface area contributed by atoms with Crippen LogP contribution in [-0.2, 0) is 5.41 Å². The molecule has 1 aromatic rings. The topological polar surface area (TPSA) is 60.1 Å². The van der Waals surface area contributed by atoms with Crippen LogP contribution >= 0.6 is 0 Å². The lowest BCUT2D eigenvalue weighted by molar-refractivity contribution is -0.0895. The van der Waals surface area contributed by atoms with Crippen molar-refractivity contribution >= 4 is 0 Å². The summed E-state index contributed by atoms with van der Waals surface area (Å²) in [5.41, 5.74) is 2.83. The number of nitrogens with one attached hydrogen (secondary N) is 5. The fourth-order valence-electron chi connectivity index (χ4n) is 13.8. The second-order valence-corrected chi connectivity index (χ2v) is 28.0. The van der Waals surface area contributed by atoms with E-state index in [0.29, 0.717) is 11.8 Å². The van der Waals surface area contributed by atoms with E-state index >= 15 is 0 Å². The Bertz CT molecular complexity index is 1500. The summed E-state index contributed by atoms with van der Waals surface area (Å²) in [7, 11) is 0. The van der Waals surface area contributed by atoms with Crippen LogP contribution in [0.2, 0.25) is 0 Å². The highest BCUT2D eigenvalue weighted by atomic mass is 19.3. The molecule has 5 atom stereocenters. The lowest BCUT2D eigenvalue weighted by Crippen LogP contribution is -2.60. The smallest absolute Gasteiger partial charge is 0.263 e.